The molecular formula is C4H9BrP+. The highest BCUT2D eigenvalue weighted by Gasteiger charge is 2.36. The molecule has 1 heterocycles. The zero-order valence-corrected chi connectivity index (χ0v) is 6.43. The fraction of sp³-hybridized carbons (Fsp3) is 1.00. The van der Waals surface area contributed by atoms with Crippen LogP contribution in [0.1, 0.15) is 6.42 Å². The number of halogens is 1. The van der Waals surface area contributed by atoms with Crippen molar-refractivity contribution < 1.29 is 0 Å². The van der Waals surface area contributed by atoms with E-state index in [9.17, 15) is 0 Å². The third-order valence-electron chi connectivity index (χ3n) is 1.25. The van der Waals surface area contributed by atoms with E-state index < -0.39 is 5.96 Å². The Labute approximate surface area is 47.4 Å². The van der Waals surface area contributed by atoms with Gasteiger partial charge >= 0.3 is 0 Å². The van der Waals surface area contributed by atoms with E-state index in [4.69, 9.17) is 0 Å². The molecule has 1 fully saturated rings. The maximum atomic E-state index is 3.68. The Morgan fingerprint density at radius 3 is 1.83 bits per heavy atom. The van der Waals surface area contributed by atoms with Crippen molar-refractivity contribution >= 4 is 21.5 Å². The lowest BCUT2D eigenvalue weighted by Crippen LogP contribution is -2.07. The fourth-order valence-electron chi connectivity index (χ4n) is 0.594. The third kappa shape index (κ3) is 0.946. The van der Waals surface area contributed by atoms with Gasteiger partial charge in [-0.05, 0) is 0 Å². The van der Waals surface area contributed by atoms with Crippen LogP contribution in [0.3, 0.4) is 0 Å². The van der Waals surface area contributed by atoms with E-state index in [1.54, 1.807) is 0 Å². The third-order valence-corrected chi connectivity index (χ3v) is 5.87. The van der Waals surface area contributed by atoms with E-state index >= 15 is 0 Å². The van der Waals surface area contributed by atoms with Gasteiger partial charge in [0.1, 0.15) is 15.5 Å². The van der Waals surface area contributed by atoms with Gasteiger partial charge in [0, 0.05) is 6.42 Å². The molecule has 0 N–H and O–H groups in total. The predicted molar refractivity (Wildman–Crippen MR) is 36.1 cm³/mol. The Bertz CT molecular complexity index is 54.6. The second kappa shape index (κ2) is 1.45. The molecule has 1 rings (SSSR count). The van der Waals surface area contributed by atoms with E-state index in [-0.39, 0.29) is 0 Å². The first-order valence-electron chi connectivity index (χ1n) is 2.25. The summed E-state index contributed by atoms with van der Waals surface area (Å²) in [6, 6.07) is 0. The van der Waals surface area contributed by atoms with Crippen molar-refractivity contribution in [2.75, 3.05) is 19.0 Å². The average Bonchev–Trinajstić information content (AvgIpc) is 1.32. The molecule has 6 heavy (non-hydrogen) atoms. The van der Waals surface area contributed by atoms with Gasteiger partial charge in [0.05, 0.1) is 25.0 Å². The number of hydrogen-bond donors (Lipinski definition) is 0. The molecular weight excluding hydrogens is 159 g/mol. The molecule has 0 aromatic rings. The minimum Gasteiger partial charge on any atom is 0.0164 e. The lowest BCUT2D eigenvalue weighted by Gasteiger charge is -2.22. The SMILES string of the molecule is C[P+]1(Br)CCC1. The van der Waals surface area contributed by atoms with E-state index in [2.05, 4.69) is 22.2 Å². The van der Waals surface area contributed by atoms with Crippen LogP contribution in [0.2, 0.25) is 0 Å². The van der Waals surface area contributed by atoms with Crippen LogP contribution in [0.15, 0.2) is 0 Å². The lowest BCUT2D eigenvalue weighted by atomic mass is 10.5. The van der Waals surface area contributed by atoms with Crippen LogP contribution >= 0.6 is 21.5 Å². The molecule has 36 valence electrons. The summed E-state index contributed by atoms with van der Waals surface area (Å²) in [6.07, 6.45) is 4.43. The quantitative estimate of drug-likeness (QED) is 0.487. The van der Waals surface area contributed by atoms with Gasteiger partial charge in [0.25, 0.3) is 0 Å². The highest BCUT2D eigenvalue weighted by atomic mass is 79.9. The van der Waals surface area contributed by atoms with Crippen LogP contribution in [-0.2, 0) is 0 Å². The Hall–Kier alpha value is 0.910. The van der Waals surface area contributed by atoms with E-state index in [1.165, 1.54) is 18.7 Å². The van der Waals surface area contributed by atoms with Gasteiger partial charge in [-0.25, -0.2) is 0 Å². The maximum absolute atomic E-state index is 3.68. The van der Waals surface area contributed by atoms with E-state index in [1.807, 2.05) is 0 Å². The van der Waals surface area contributed by atoms with Gasteiger partial charge in [-0.3, -0.25) is 0 Å². The molecule has 0 saturated carbocycles. The fourth-order valence-corrected chi connectivity index (χ4v) is 3.29. The van der Waals surface area contributed by atoms with E-state index in [0.717, 1.165) is 0 Å². The molecule has 0 aromatic carbocycles. The summed E-state index contributed by atoms with van der Waals surface area (Å²) in [6.45, 7) is 2.36. The van der Waals surface area contributed by atoms with Crippen molar-refractivity contribution in [3.8, 4) is 0 Å². The minimum absolute atomic E-state index is 0.404. The van der Waals surface area contributed by atoms with Gasteiger partial charge in [0.2, 0.25) is 0 Å². The minimum atomic E-state index is -0.404. The molecule has 0 aromatic heterocycles. The van der Waals surface area contributed by atoms with Gasteiger partial charge in [-0.15, -0.1) is 0 Å². The number of rotatable bonds is 0. The molecule has 0 spiro atoms. The van der Waals surface area contributed by atoms with Crippen molar-refractivity contribution in [2.24, 2.45) is 0 Å². The summed E-state index contributed by atoms with van der Waals surface area (Å²) in [5.74, 6) is -0.404. The van der Waals surface area contributed by atoms with Crippen molar-refractivity contribution in [1.29, 1.82) is 0 Å². The predicted octanol–water partition coefficient (Wildman–Crippen LogP) is 2.35. The van der Waals surface area contributed by atoms with E-state index in [0.29, 0.717) is 0 Å². The van der Waals surface area contributed by atoms with Crippen molar-refractivity contribution in [2.45, 2.75) is 6.42 Å². The summed E-state index contributed by atoms with van der Waals surface area (Å²) in [4.78, 5) is 0. The Morgan fingerprint density at radius 1 is 1.50 bits per heavy atom. The second-order valence-electron chi connectivity index (χ2n) is 2.06. The molecule has 0 unspecified atom stereocenters. The zero-order valence-electron chi connectivity index (χ0n) is 3.95. The van der Waals surface area contributed by atoms with Gasteiger partial charge in [-0.2, -0.15) is 0 Å². The van der Waals surface area contributed by atoms with Crippen LogP contribution in [0.25, 0.3) is 0 Å². The zero-order chi connectivity index (χ0) is 4.62. The van der Waals surface area contributed by atoms with Crippen molar-refractivity contribution in [3.63, 3.8) is 0 Å². The molecule has 0 nitrogen and oxygen atoms in total. The molecule has 0 radical (unpaired) electrons. The highest BCUT2D eigenvalue weighted by Crippen LogP contribution is 2.70. The standard InChI is InChI=1S/C4H9BrP/c1-6(5)3-2-4-6/h2-4H2,1H3/q+1. The Morgan fingerprint density at radius 2 is 1.83 bits per heavy atom. The molecule has 1 aliphatic rings. The van der Waals surface area contributed by atoms with Crippen molar-refractivity contribution in [1.82, 2.24) is 0 Å². The lowest BCUT2D eigenvalue weighted by molar-refractivity contribution is 1.02. The van der Waals surface area contributed by atoms with Gasteiger partial charge in [-0.1, -0.05) is 0 Å². The van der Waals surface area contributed by atoms with Crippen molar-refractivity contribution in [3.05, 3.63) is 0 Å². The Balaban J connectivity index is 2.31. The van der Waals surface area contributed by atoms with Crippen LogP contribution in [0.5, 0.6) is 0 Å². The Kier molecular flexibility index (Phi) is 1.22. The summed E-state index contributed by atoms with van der Waals surface area (Å²) >= 11 is 3.68. The summed E-state index contributed by atoms with van der Waals surface area (Å²) in [7, 11) is 0. The van der Waals surface area contributed by atoms with Gasteiger partial charge in [0.15, 0.2) is 0 Å². The molecule has 1 saturated heterocycles. The van der Waals surface area contributed by atoms with Crippen LogP contribution in [-0.4, -0.2) is 19.0 Å². The van der Waals surface area contributed by atoms with Crippen LogP contribution in [0.4, 0.5) is 0 Å². The summed E-state index contributed by atoms with van der Waals surface area (Å²) < 4.78 is 0. The van der Waals surface area contributed by atoms with Gasteiger partial charge < -0.3 is 0 Å². The van der Waals surface area contributed by atoms with Crippen LogP contribution < -0.4 is 0 Å². The van der Waals surface area contributed by atoms with Crippen LogP contribution in [0, 0.1) is 0 Å². The first-order valence-corrected chi connectivity index (χ1v) is 6.87. The topological polar surface area (TPSA) is 0 Å². The number of hydrogen-bond acceptors (Lipinski definition) is 0. The second-order valence-corrected chi connectivity index (χ2v) is 10.6. The largest absolute Gasteiger partial charge is 0.138 e. The maximum Gasteiger partial charge on any atom is 0.138 e. The summed E-state index contributed by atoms with van der Waals surface area (Å²) in [5.41, 5.74) is 0. The summed E-state index contributed by atoms with van der Waals surface area (Å²) in [5, 5.41) is 0. The normalized spacial score (nSPS) is 29.0. The highest BCUT2D eigenvalue weighted by molar-refractivity contribution is 9.42. The molecule has 1 aliphatic heterocycles. The monoisotopic (exact) mass is 167 g/mol. The average molecular weight is 168 g/mol. The molecule has 0 atom stereocenters. The molecule has 0 aliphatic carbocycles. The first-order chi connectivity index (χ1) is 2.71. The molecule has 0 bridgehead atoms. The smallest absolute Gasteiger partial charge is 0.0164 e. The molecule has 2 heteroatoms. The first kappa shape index (κ1) is 5.05. The molecule has 0 amide bonds.